The van der Waals surface area contributed by atoms with Gasteiger partial charge in [0.25, 0.3) is 0 Å². The monoisotopic (exact) mass is 507 g/mol. The third-order valence-electron chi connectivity index (χ3n) is 5.61. The van der Waals surface area contributed by atoms with Crippen LogP contribution in [0, 0.1) is 6.92 Å². The number of ether oxygens (including phenoxy) is 1. The van der Waals surface area contributed by atoms with E-state index in [4.69, 9.17) is 4.74 Å². The molecule has 1 aromatic rings. The summed E-state index contributed by atoms with van der Waals surface area (Å²) >= 11 is 1.71. The predicted molar refractivity (Wildman–Crippen MR) is 124 cm³/mol. The molecular weight excluding hydrogens is 473 g/mol. The number of aliphatic imine (C=N–C) groups is 1. The van der Waals surface area contributed by atoms with Gasteiger partial charge in [0.2, 0.25) is 0 Å². The van der Waals surface area contributed by atoms with Crippen LogP contribution in [0.25, 0.3) is 0 Å². The fraction of sp³-hybridized carbons (Fsp3) is 0.789. The number of nitrogens with zero attached hydrogens (tertiary/aromatic N) is 3. The molecule has 0 spiro atoms. The quantitative estimate of drug-likeness (QED) is 0.353. The molecule has 2 aliphatic rings. The first-order valence-electron chi connectivity index (χ1n) is 9.90. The van der Waals surface area contributed by atoms with Crippen molar-refractivity contribution in [1.29, 1.82) is 0 Å². The Morgan fingerprint density at radius 1 is 1.26 bits per heavy atom. The maximum Gasteiger partial charge on any atom is 0.191 e. The van der Waals surface area contributed by atoms with Crippen molar-refractivity contribution < 1.29 is 4.74 Å². The van der Waals surface area contributed by atoms with Gasteiger partial charge in [-0.05, 0) is 19.8 Å². The summed E-state index contributed by atoms with van der Waals surface area (Å²) in [6, 6.07) is 0. The fourth-order valence-corrected chi connectivity index (χ4v) is 4.80. The van der Waals surface area contributed by atoms with E-state index in [-0.39, 0.29) is 29.5 Å². The van der Waals surface area contributed by atoms with Crippen molar-refractivity contribution in [2.75, 3.05) is 46.4 Å². The second-order valence-electron chi connectivity index (χ2n) is 7.34. The van der Waals surface area contributed by atoms with Gasteiger partial charge in [0, 0.05) is 50.6 Å². The molecule has 1 aliphatic heterocycles. The Labute approximate surface area is 184 Å². The third kappa shape index (κ3) is 6.54. The first-order valence-corrected chi connectivity index (χ1v) is 10.8. The minimum absolute atomic E-state index is 0. The predicted octanol–water partition coefficient (Wildman–Crippen LogP) is 2.81. The van der Waals surface area contributed by atoms with Crippen LogP contribution in [-0.4, -0.2) is 67.8 Å². The molecule has 2 fully saturated rings. The molecule has 0 aromatic carbocycles. The van der Waals surface area contributed by atoms with Crippen molar-refractivity contribution >= 4 is 41.3 Å². The second kappa shape index (κ2) is 11.5. The molecule has 6 nitrogen and oxygen atoms in total. The average Bonchev–Trinajstić information content (AvgIpc) is 3.11. The Kier molecular flexibility index (Phi) is 9.75. The molecule has 1 saturated carbocycles. The number of morpholine rings is 1. The highest BCUT2D eigenvalue weighted by atomic mass is 127. The molecule has 1 aliphatic carbocycles. The minimum Gasteiger partial charge on any atom is -0.379 e. The highest BCUT2D eigenvalue weighted by Gasteiger charge is 2.38. The molecule has 0 radical (unpaired) electrons. The maximum atomic E-state index is 5.58. The van der Waals surface area contributed by atoms with E-state index in [1.165, 1.54) is 32.1 Å². The largest absolute Gasteiger partial charge is 0.379 e. The van der Waals surface area contributed by atoms with Gasteiger partial charge in [-0.15, -0.1) is 35.3 Å². The zero-order chi connectivity index (χ0) is 18.2. The van der Waals surface area contributed by atoms with Crippen LogP contribution in [0.4, 0.5) is 0 Å². The van der Waals surface area contributed by atoms with Crippen LogP contribution in [-0.2, 0) is 11.2 Å². The van der Waals surface area contributed by atoms with Gasteiger partial charge in [-0.3, -0.25) is 9.89 Å². The molecule has 0 bridgehead atoms. The van der Waals surface area contributed by atoms with E-state index in [1.807, 2.05) is 7.05 Å². The Morgan fingerprint density at radius 3 is 2.63 bits per heavy atom. The van der Waals surface area contributed by atoms with Crippen LogP contribution in [0.2, 0.25) is 0 Å². The smallest absolute Gasteiger partial charge is 0.191 e. The number of aryl methyl sites for hydroxylation is 1. The Bertz CT molecular complexity index is 582. The number of aromatic nitrogens is 1. The number of hydrogen-bond donors (Lipinski definition) is 2. The summed E-state index contributed by atoms with van der Waals surface area (Å²) < 4.78 is 5.58. The van der Waals surface area contributed by atoms with Gasteiger partial charge in [-0.25, -0.2) is 4.98 Å². The first kappa shape index (κ1) is 22.8. The average molecular weight is 507 g/mol. The first-order chi connectivity index (χ1) is 12.7. The van der Waals surface area contributed by atoms with E-state index in [2.05, 4.69) is 37.8 Å². The van der Waals surface area contributed by atoms with Crippen molar-refractivity contribution in [3.8, 4) is 0 Å². The summed E-state index contributed by atoms with van der Waals surface area (Å²) in [5.41, 5.74) is 1.42. The van der Waals surface area contributed by atoms with Crippen LogP contribution >= 0.6 is 35.3 Å². The Hall–Kier alpha value is -0.450. The summed E-state index contributed by atoms with van der Waals surface area (Å²) in [5.74, 6) is 0.898. The lowest BCUT2D eigenvalue weighted by Crippen LogP contribution is -2.60. The van der Waals surface area contributed by atoms with Crippen LogP contribution in [0.15, 0.2) is 10.4 Å². The lowest BCUT2D eigenvalue weighted by molar-refractivity contribution is -0.0352. The van der Waals surface area contributed by atoms with Crippen LogP contribution in [0.1, 0.15) is 42.8 Å². The SMILES string of the molecule is CN=C(NCCc1csc(C)n1)NCC1(N2CCOCC2)CCCCC1.I. The van der Waals surface area contributed by atoms with E-state index in [0.717, 1.165) is 62.5 Å². The molecule has 154 valence electrons. The molecule has 2 heterocycles. The van der Waals surface area contributed by atoms with Gasteiger partial charge in [0.05, 0.1) is 23.9 Å². The van der Waals surface area contributed by atoms with Gasteiger partial charge in [0.15, 0.2) is 5.96 Å². The van der Waals surface area contributed by atoms with E-state index in [0.29, 0.717) is 0 Å². The number of rotatable bonds is 6. The van der Waals surface area contributed by atoms with Gasteiger partial charge in [-0.1, -0.05) is 19.3 Å². The zero-order valence-electron chi connectivity index (χ0n) is 16.6. The molecule has 27 heavy (non-hydrogen) atoms. The number of halogens is 1. The lowest BCUT2D eigenvalue weighted by Gasteiger charge is -2.48. The van der Waals surface area contributed by atoms with Crippen molar-refractivity contribution in [1.82, 2.24) is 20.5 Å². The molecular formula is C19H34IN5OS. The topological polar surface area (TPSA) is 61.8 Å². The van der Waals surface area contributed by atoms with Crippen LogP contribution < -0.4 is 10.6 Å². The lowest BCUT2D eigenvalue weighted by atomic mass is 9.80. The van der Waals surface area contributed by atoms with Gasteiger partial charge in [-0.2, -0.15) is 0 Å². The molecule has 2 N–H and O–H groups in total. The molecule has 3 rings (SSSR count). The molecule has 8 heteroatoms. The number of nitrogens with one attached hydrogen (secondary N) is 2. The minimum atomic E-state index is 0. The summed E-state index contributed by atoms with van der Waals surface area (Å²) in [4.78, 5) is 11.6. The number of hydrogen-bond acceptors (Lipinski definition) is 5. The molecule has 0 unspecified atom stereocenters. The third-order valence-corrected chi connectivity index (χ3v) is 6.44. The van der Waals surface area contributed by atoms with Crippen molar-refractivity contribution in [3.63, 3.8) is 0 Å². The fourth-order valence-electron chi connectivity index (χ4n) is 4.15. The summed E-state index contributed by atoms with van der Waals surface area (Å²) in [6.07, 6.45) is 7.50. The molecule has 1 saturated heterocycles. The standard InChI is InChI=1S/C19H33N5OS.HI/c1-16-23-17(14-26-16)6-9-21-18(20-2)22-15-19(7-4-3-5-8-19)24-10-12-25-13-11-24;/h14H,3-13,15H2,1-2H3,(H2,20,21,22);1H. The Morgan fingerprint density at radius 2 is 2.00 bits per heavy atom. The molecule has 1 aromatic heterocycles. The number of thiazole rings is 1. The summed E-state index contributed by atoms with van der Waals surface area (Å²) in [6.45, 7) is 7.70. The van der Waals surface area contributed by atoms with Gasteiger partial charge >= 0.3 is 0 Å². The maximum absolute atomic E-state index is 5.58. The highest BCUT2D eigenvalue weighted by Crippen LogP contribution is 2.33. The second-order valence-corrected chi connectivity index (χ2v) is 8.41. The molecule has 0 amide bonds. The van der Waals surface area contributed by atoms with Crippen LogP contribution in [0.3, 0.4) is 0 Å². The summed E-state index contributed by atoms with van der Waals surface area (Å²) in [7, 11) is 1.85. The van der Waals surface area contributed by atoms with Gasteiger partial charge in [0.1, 0.15) is 0 Å². The summed E-state index contributed by atoms with van der Waals surface area (Å²) in [5, 5.41) is 10.3. The zero-order valence-corrected chi connectivity index (χ0v) is 19.8. The van der Waals surface area contributed by atoms with Crippen molar-refractivity contribution in [2.24, 2.45) is 4.99 Å². The van der Waals surface area contributed by atoms with E-state index >= 15 is 0 Å². The van der Waals surface area contributed by atoms with Crippen molar-refractivity contribution in [3.05, 3.63) is 16.1 Å². The highest BCUT2D eigenvalue weighted by molar-refractivity contribution is 14.0. The van der Waals surface area contributed by atoms with Gasteiger partial charge < -0.3 is 15.4 Å². The molecule has 0 atom stereocenters. The van der Waals surface area contributed by atoms with Crippen molar-refractivity contribution in [2.45, 2.75) is 51.0 Å². The van der Waals surface area contributed by atoms with E-state index < -0.39 is 0 Å². The normalized spacial score (nSPS) is 20.7. The van der Waals surface area contributed by atoms with E-state index in [9.17, 15) is 0 Å². The van der Waals surface area contributed by atoms with Crippen LogP contribution in [0.5, 0.6) is 0 Å². The van der Waals surface area contributed by atoms with E-state index in [1.54, 1.807) is 11.3 Å². The Balaban J connectivity index is 0.00000261. The number of guanidine groups is 1.